The van der Waals surface area contributed by atoms with Crippen LogP contribution in [0.2, 0.25) is 0 Å². The van der Waals surface area contributed by atoms with Crippen molar-refractivity contribution in [2.24, 2.45) is 17.1 Å². The third-order valence-electron chi connectivity index (χ3n) is 3.92. The van der Waals surface area contributed by atoms with E-state index in [9.17, 15) is 0 Å². The smallest absolute Gasteiger partial charge is 0.218 e. The minimum Gasteiger partial charge on any atom is -0.474 e. The molecule has 2 rings (SSSR count). The zero-order valence-electron chi connectivity index (χ0n) is 12.5. The van der Waals surface area contributed by atoms with Crippen molar-refractivity contribution in [2.75, 3.05) is 0 Å². The first-order valence-electron chi connectivity index (χ1n) is 7.24. The average Bonchev–Trinajstić information content (AvgIpc) is 2.26. The normalized spacial score (nSPS) is 27.8. The van der Waals surface area contributed by atoms with Crippen molar-refractivity contribution in [2.45, 2.75) is 59.1 Å². The average molecular weight is 262 g/mol. The predicted molar refractivity (Wildman–Crippen MR) is 78.1 cm³/mol. The van der Waals surface area contributed by atoms with Crippen molar-refractivity contribution < 1.29 is 4.74 Å². The molecule has 0 spiro atoms. The van der Waals surface area contributed by atoms with Gasteiger partial charge in [-0.25, -0.2) is 4.98 Å². The number of hydrogen-bond acceptors (Lipinski definition) is 3. The fraction of sp³-hybridized carbons (Fsp3) is 0.688. The van der Waals surface area contributed by atoms with Gasteiger partial charge in [0.05, 0.1) is 0 Å². The minimum absolute atomic E-state index is 0.0438. The van der Waals surface area contributed by atoms with Crippen LogP contribution < -0.4 is 10.5 Å². The van der Waals surface area contributed by atoms with Crippen LogP contribution in [-0.2, 0) is 0 Å². The highest BCUT2D eigenvalue weighted by Crippen LogP contribution is 2.40. The van der Waals surface area contributed by atoms with Gasteiger partial charge in [-0.1, -0.05) is 26.8 Å². The number of rotatable bonds is 3. The standard InChI is InChI=1S/C16H26N2O/c1-11-8-13(10-16(3,4)9-11)19-15-14(12(2)17)6-5-7-18-15/h5-7,11-13H,8-10,17H2,1-4H3. The van der Waals surface area contributed by atoms with Gasteiger partial charge in [0.15, 0.2) is 0 Å². The highest BCUT2D eigenvalue weighted by atomic mass is 16.5. The summed E-state index contributed by atoms with van der Waals surface area (Å²) in [6.45, 7) is 8.92. The summed E-state index contributed by atoms with van der Waals surface area (Å²) in [4.78, 5) is 4.36. The second-order valence-corrected chi connectivity index (χ2v) is 6.84. The number of nitrogens with zero attached hydrogens (tertiary/aromatic N) is 1. The van der Waals surface area contributed by atoms with Crippen LogP contribution in [-0.4, -0.2) is 11.1 Å². The number of ether oxygens (including phenoxy) is 1. The van der Waals surface area contributed by atoms with Crippen molar-refractivity contribution in [1.82, 2.24) is 4.98 Å². The molecule has 3 heteroatoms. The molecule has 3 unspecified atom stereocenters. The van der Waals surface area contributed by atoms with E-state index in [-0.39, 0.29) is 12.1 Å². The molecule has 2 N–H and O–H groups in total. The van der Waals surface area contributed by atoms with E-state index in [1.165, 1.54) is 6.42 Å². The fourth-order valence-electron chi connectivity index (χ4n) is 3.35. The predicted octanol–water partition coefficient (Wildman–Crippen LogP) is 3.69. The van der Waals surface area contributed by atoms with E-state index in [1.807, 2.05) is 19.1 Å². The molecular formula is C16H26N2O. The Balaban J connectivity index is 2.13. The quantitative estimate of drug-likeness (QED) is 0.903. The Labute approximate surface area is 116 Å². The molecule has 3 atom stereocenters. The Morgan fingerprint density at radius 1 is 1.42 bits per heavy atom. The molecule has 0 aromatic carbocycles. The fourth-order valence-corrected chi connectivity index (χ4v) is 3.35. The largest absolute Gasteiger partial charge is 0.474 e. The monoisotopic (exact) mass is 262 g/mol. The van der Waals surface area contributed by atoms with Gasteiger partial charge in [0.1, 0.15) is 6.10 Å². The summed E-state index contributed by atoms with van der Waals surface area (Å²) < 4.78 is 6.16. The van der Waals surface area contributed by atoms with Gasteiger partial charge < -0.3 is 10.5 Å². The molecule has 1 saturated carbocycles. The summed E-state index contributed by atoms with van der Waals surface area (Å²) in [5.41, 5.74) is 7.33. The number of hydrogen-bond donors (Lipinski definition) is 1. The highest BCUT2D eigenvalue weighted by Gasteiger charge is 2.33. The molecule has 0 bridgehead atoms. The minimum atomic E-state index is -0.0438. The van der Waals surface area contributed by atoms with Crippen LogP contribution in [0.25, 0.3) is 0 Å². The maximum atomic E-state index is 6.16. The molecule has 1 fully saturated rings. The van der Waals surface area contributed by atoms with Gasteiger partial charge in [0, 0.05) is 17.8 Å². The Kier molecular flexibility index (Phi) is 4.14. The molecule has 1 aliphatic carbocycles. The van der Waals surface area contributed by atoms with Gasteiger partial charge >= 0.3 is 0 Å². The molecule has 3 nitrogen and oxygen atoms in total. The van der Waals surface area contributed by atoms with Crippen LogP contribution in [0.3, 0.4) is 0 Å². The van der Waals surface area contributed by atoms with Crippen LogP contribution in [0.5, 0.6) is 5.88 Å². The lowest BCUT2D eigenvalue weighted by Crippen LogP contribution is -2.34. The van der Waals surface area contributed by atoms with E-state index in [0.717, 1.165) is 18.4 Å². The van der Waals surface area contributed by atoms with Crippen molar-refractivity contribution in [3.05, 3.63) is 23.9 Å². The van der Waals surface area contributed by atoms with Crippen LogP contribution >= 0.6 is 0 Å². The topological polar surface area (TPSA) is 48.1 Å². The molecule has 0 radical (unpaired) electrons. The SMILES string of the molecule is CC1CC(Oc2ncccc2C(C)N)CC(C)(C)C1. The maximum absolute atomic E-state index is 6.16. The summed E-state index contributed by atoms with van der Waals surface area (Å²) in [6.07, 6.45) is 5.50. The van der Waals surface area contributed by atoms with Crippen LogP contribution in [0.1, 0.15) is 58.6 Å². The zero-order valence-corrected chi connectivity index (χ0v) is 12.5. The number of pyridine rings is 1. The van der Waals surface area contributed by atoms with Gasteiger partial charge in [0.2, 0.25) is 5.88 Å². The summed E-state index contributed by atoms with van der Waals surface area (Å²) in [5.74, 6) is 1.42. The Morgan fingerprint density at radius 2 is 2.16 bits per heavy atom. The molecule has 1 aliphatic rings. The van der Waals surface area contributed by atoms with E-state index >= 15 is 0 Å². The highest BCUT2D eigenvalue weighted by molar-refractivity contribution is 5.28. The summed E-state index contributed by atoms with van der Waals surface area (Å²) in [5, 5.41) is 0. The second-order valence-electron chi connectivity index (χ2n) is 6.84. The first kappa shape index (κ1) is 14.3. The molecule has 0 saturated heterocycles. The second kappa shape index (κ2) is 5.49. The number of nitrogens with two attached hydrogens (primary N) is 1. The molecule has 0 amide bonds. The molecule has 1 aromatic rings. The van der Waals surface area contributed by atoms with Crippen LogP contribution in [0.4, 0.5) is 0 Å². The van der Waals surface area contributed by atoms with Crippen molar-refractivity contribution in [3.63, 3.8) is 0 Å². The summed E-state index contributed by atoms with van der Waals surface area (Å²) >= 11 is 0. The molecule has 106 valence electrons. The number of aromatic nitrogens is 1. The molecule has 1 heterocycles. The molecular weight excluding hydrogens is 236 g/mol. The zero-order chi connectivity index (χ0) is 14.0. The Hall–Kier alpha value is -1.09. The third-order valence-corrected chi connectivity index (χ3v) is 3.92. The summed E-state index contributed by atoms with van der Waals surface area (Å²) in [6, 6.07) is 3.88. The molecule has 0 aliphatic heterocycles. The Bertz CT molecular complexity index is 429. The van der Waals surface area contributed by atoms with Crippen molar-refractivity contribution >= 4 is 0 Å². The van der Waals surface area contributed by atoms with Gasteiger partial charge in [-0.05, 0) is 43.6 Å². The van der Waals surface area contributed by atoms with Crippen LogP contribution in [0.15, 0.2) is 18.3 Å². The molecule has 1 aromatic heterocycles. The molecule has 19 heavy (non-hydrogen) atoms. The lowest BCUT2D eigenvalue weighted by atomic mass is 9.71. The van der Waals surface area contributed by atoms with E-state index < -0.39 is 0 Å². The maximum Gasteiger partial charge on any atom is 0.218 e. The Morgan fingerprint density at radius 3 is 2.79 bits per heavy atom. The van der Waals surface area contributed by atoms with E-state index in [0.29, 0.717) is 17.2 Å². The van der Waals surface area contributed by atoms with Crippen molar-refractivity contribution in [3.8, 4) is 5.88 Å². The van der Waals surface area contributed by atoms with Gasteiger partial charge in [-0.2, -0.15) is 0 Å². The van der Waals surface area contributed by atoms with Gasteiger partial charge in [0.25, 0.3) is 0 Å². The first-order valence-corrected chi connectivity index (χ1v) is 7.24. The van der Waals surface area contributed by atoms with Gasteiger partial charge in [-0.3, -0.25) is 0 Å². The van der Waals surface area contributed by atoms with E-state index in [4.69, 9.17) is 10.5 Å². The van der Waals surface area contributed by atoms with E-state index in [2.05, 4.69) is 25.8 Å². The third kappa shape index (κ3) is 3.69. The lowest BCUT2D eigenvalue weighted by Gasteiger charge is -2.38. The summed E-state index contributed by atoms with van der Waals surface area (Å²) in [7, 11) is 0. The van der Waals surface area contributed by atoms with E-state index in [1.54, 1.807) is 6.20 Å². The van der Waals surface area contributed by atoms with Crippen molar-refractivity contribution in [1.29, 1.82) is 0 Å². The first-order chi connectivity index (χ1) is 8.87. The lowest BCUT2D eigenvalue weighted by molar-refractivity contribution is 0.0523. The van der Waals surface area contributed by atoms with Gasteiger partial charge in [-0.15, -0.1) is 0 Å². The van der Waals surface area contributed by atoms with Crippen LogP contribution in [0, 0.1) is 11.3 Å².